The summed E-state index contributed by atoms with van der Waals surface area (Å²) in [4.78, 5) is 25.7. The monoisotopic (exact) mass is 579 g/mol. The van der Waals surface area contributed by atoms with Crippen LogP contribution in [0.3, 0.4) is 0 Å². The summed E-state index contributed by atoms with van der Waals surface area (Å²) in [6.45, 7) is 1.33. The smallest absolute Gasteiger partial charge is 0.405 e. The van der Waals surface area contributed by atoms with Crippen LogP contribution >= 0.6 is 0 Å². The molecule has 0 aliphatic carbocycles. The van der Waals surface area contributed by atoms with E-state index in [0.29, 0.717) is 41.9 Å². The van der Waals surface area contributed by atoms with E-state index in [-0.39, 0.29) is 11.3 Å². The van der Waals surface area contributed by atoms with Gasteiger partial charge in [-0.05, 0) is 65.0 Å². The van der Waals surface area contributed by atoms with E-state index in [0.717, 1.165) is 28.7 Å². The molecule has 1 unspecified atom stereocenters. The molecule has 0 spiro atoms. The molecule has 5 rings (SSSR count). The maximum Gasteiger partial charge on any atom is 0.405 e. The number of rotatable bonds is 12. The number of amides is 1. The number of aromatic nitrogens is 1. The molecule has 4 aromatic carbocycles. The van der Waals surface area contributed by atoms with Crippen molar-refractivity contribution < 1.29 is 24.9 Å². The first kappa shape index (κ1) is 29.4. The van der Waals surface area contributed by atoms with Crippen LogP contribution in [0.1, 0.15) is 40.0 Å². The second kappa shape index (κ2) is 13.7. The van der Waals surface area contributed by atoms with Crippen molar-refractivity contribution in [3.05, 3.63) is 141 Å². The van der Waals surface area contributed by atoms with Gasteiger partial charge >= 0.3 is 6.09 Å². The number of aliphatic hydroxyl groups excluding tert-OH is 1. The van der Waals surface area contributed by atoms with Crippen LogP contribution < -0.4 is 20.9 Å². The van der Waals surface area contributed by atoms with Gasteiger partial charge in [0.1, 0.15) is 18.1 Å². The Kier molecular flexibility index (Phi) is 9.36. The topological polar surface area (TPSA) is 144 Å². The molecule has 220 valence electrons. The van der Waals surface area contributed by atoms with Crippen LogP contribution in [0.4, 0.5) is 4.79 Å². The van der Waals surface area contributed by atoms with Gasteiger partial charge < -0.3 is 35.7 Å². The number of fused-ring (bicyclic) bond motifs is 1. The molecule has 0 fully saturated rings. The van der Waals surface area contributed by atoms with Crippen LogP contribution in [-0.4, -0.2) is 39.5 Å². The van der Waals surface area contributed by atoms with E-state index in [1.165, 1.54) is 12.1 Å². The number of phenolic OH excluding ortho intramolecular Hbond substituents is 1. The van der Waals surface area contributed by atoms with E-state index >= 15 is 0 Å². The lowest BCUT2D eigenvalue weighted by atomic mass is 9.98. The summed E-state index contributed by atoms with van der Waals surface area (Å²) in [5, 5.41) is 36.6. The Morgan fingerprint density at radius 1 is 0.860 bits per heavy atom. The number of benzene rings is 4. The van der Waals surface area contributed by atoms with Crippen LogP contribution in [0.2, 0.25) is 0 Å². The number of nitrogens with one attached hydrogen (secondary N) is 3. The molecule has 0 radical (unpaired) electrons. The number of aromatic hydroxyl groups is 1. The van der Waals surface area contributed by atoms with Crippen molar-refractivity contribution in [2.75, 3.05) is 13.1 Å². The highest BCUT2D eigenvalue weighted by Crippen LogP contribution is 2.29. The molecule has 0 saturated heterocycles. The van der Waals surface area contributed by atoms with Gasteiger partial charge in [0.05, 0.1) is 17.7 Å². The lowest BCUT2D eigenvalue weighted by Crippen LogP contribution is -2.27. The number of aliphatic hydroxyl groups is 1. The normalized spacial score (nSPS) is 12.5. The van der Waals surface area contributed by atoms with Gasteiger partial charge in [-0.15, -0.1) is 0 Å². The lowest BCUT2D eigenvalue weighted by Gasteiger charge is -2.19. The highest BCUT2D eigenvalue weighted by molar-refractivity contribution is 5.87. The summed E-state index contributed by atoms with van der Waals surface area (Å²) in [5.74, 6) is 0.605. The molecule has 9 nitrogen and oxygen atoms in total. The largest absolute Gasteiger partial charge is 0.506 e. The number of ether oxygens (including phenoxy) is 1. The van der Waals surface area contributed by atoms with Crippen molar-refractivity contribution in [1.82, 2.24) is 15.6 Å². The third-order valence-electron chi connectivity index (χ3n) is 7.21. The Hall–Kier alpha value is -5.12. The van der Waals surface area contributed by atoms with Crippen LogP contribution in [0.15, 0.2) is 108 Å². The molecule has 5 aromatic rings. The average molecular weight is 580 g/mol. The van der Waals surface area contributed by atoms with Gasteiger partial charge in [0.2, 0.25) is 5.56 Å². The minimum atomic E-state index is -1.10. The Bertz CT molecular complexity index is 1740. The predicted octanol–water partition coefficient (Wildman–Crippen LogP) is 5.04. The first-order valence-corrected chi connectivity index (χ1v) is 14.0. The summed E-state index contributed by atoms with van der Waals surface area (Å²) in [6, 6.07) is 30.5. The number of phenols is 1. The van der Waals surface area contributed by atoms with Gasteiger partial charge in [-0.2, -0.15) is 0 Å². The standard InChI is InChI=1S/C34H33N3O6/c38-29-15-13-27(28-14-16-31(40)36-33(28)29)30(39)20-35-18-17-22-9-11-23(12-10-22)21-43-26-8-4-7-25(19-26)32(37-34(41)42)24-5-2-1-3-6-24/h1-16,19,30,32,35,37-39H,17-18,20-21H2,(H,36,40)(H,41,42)/t30-,32?/m0/s1. The summed E-state index contributed by atoms with van der Waals surface area (Å²) >= 11 is 0. The molecule has 1 heterocycles. The van der Waals surface area contributed by atoms with Gasteiger partial charge in [-0.25, -0.2) is 4.79 Å². The minimum absolute atomic E-state index is 0.0382. The van der Waals surface area contributed by atoms with Crippen molar-refractivity contribution in [3.8, 4) is 11.5 Å². The van der Waals surface area contributed by atoms with Crippen LogP contribution in [0.25, 0.3) is 10.9 Å². The van der Waals surface area contributed by atoms with Crippen molar-refractivity contribution in [3.63, 3.8) is 0 Å². The predicted molar refractivity (Wildman–Crippen MR) is 164 cm³/mol. The van der Waals surface area contributed by atoms with E-state index in [4.69, 9.17) is 4.74 Å². The summed E-state index contributed by atoms with van der Waals surface area (Å²) in [6.07, 6.45) is -1.15. The molecule has 0 bridgehead atoms. The number of aromatic amines is 1. The molecule has 2 atom stereocenters. The van der Waals surface area contributed by atoms with E-state index < -0.39 is 18.2 Å². The number of carboxylic acid groups (broad SMARTS) is 1. The molecule has 6 N–H and O–H groups in total. The van der Waals surface area contributed by atoms with Crippen LogP contribution in [0, 0.1) is 0 Å². The van der Waals surface area contributed by atoms with E-state index in [1.807, 2.05) is 78.9 Å². The van der Waals surface area contributed by atoms with Gasteiger partial charge in [0, 0.05) is 18.0 Å². The van der Waals surface area contributed by atoms with Crippen LogP contribution in [-0.2, 0) is 13.0 Å². The molecular formula is C34H33N3O6. The molecular weight excluding hydrogens is 546 g/mol. The lowest BCUT2D eigenvalue weighted by molar-refractivity contribution is 0.176. The van der Waals surface area contributed by atoms with Crippen LogP contribution in [0.5, 0.6) is 11.5 Å². The summed E-state index contributed by atoms with van der Waals surface area (Å²) < 4.78 is 6.02. The maximum absolute atomic E-state index is 11.6. The van der Waals surface area contributed by atoms with E-state index in [2.05, 4.69) is 15.6 Å². The molecule has 1 amide bonds. The van der Waals surface area contributed by atoms with Gasteiger partial charge in [0.15, 0.2) is 0 Å². The number of hydrogen-bond acceptors (Lipinski definition) is 6. The third-order valence-corrected chi connectivity index (χ3v) is 7.21. The fourth-order valence-corrected chi connectivity index (χ4v) is 5.01. The minimum Gasteiger partial charge on any atom is -0.506 e. The zero-order valence-corrected chi connectivity index (χ0v) is 23.4. The number of hydrogen-bond donors (Lipinski definition) is 6. The molecule has 1 aromatic heterocycles. The fraction of sp³-hybridized carbons (Fsp3) is 0.176. The van der Waals surface area contributed by atoms with Crippen molar-refractivity contribution in [2.24, 2.45) is 0 Å². The first-order valence-electron chi connectivity index (χ1n) is 14.0. The fourth-order valence-electron chi connectivity index (χ4n) is 5.01. The van der Waals surface area contributed by atoms with E-state index in [9.17, 15) is 24.9 Å². The summed E-state index contributed by atoms with van der Waals surface area (Å²) in [7, 11) is 0. The quantitative estimate of drug-likeness (QED) is 0.114. The number of H-pyrrole nitrogens is 1. The van der Waals surface area contributed by atoms with Crippen molar-refractivity contribution in [1.29, 1.82) is 0 Å². The zero-order valence-electron chi connectivity index (χ0n) is 23.4. The molecule has 0 aliphatic heterocycles. The van der Waals surface area contributed by atoms with Crippen molar-refractivity contribution >= 4 is 17.0 Å². The van der Waals surface area contributed by atoms with Crippen molar-refractivity contribution in [2.45, 2.75) is 25.2 Å². The second-order valence-electron chi connectivity index (χ2n) is 10.2. The highest BCUT2D eigenvalue weighted by atomic mass is 16.5. The first-order chi connectivity index (χ1) is 20.9. The highest BCUT2D eigenvalue weighted by Gasteiger charge is 2.17. The second-order valence-corrected chi connectivity index (χ2v) is 10.2. The van der Waals surface area contributed by atoms with Gasteiger partial charge in [0.25, 0.3) is 0 Å². The van der Waals surface area contributed by atoms with Gasteiger partial charge in [-0.1, -0.05) is 72.8 Å². The molecule has 43 heavy (non-hydrogen) atoms. The Labute approximate surface area is 248 Å². The van der Waals surface area contributed by atoms with E-state index in [1.54, 1.807) is 12.1 Å². The summed E-state index contributed by atoms with van der Waals surface area (Å²) in [5.41, 5.74) is 4.37. The molecule has 0 saturated carbocycles. The Morgan fingerprint density at radius 2 is 1.60 bits per heavy atom. The Morgan fingerprint density at radius 3 is 2.37 bits per heavy atom. The Balaban J connectivity index is 1.12. The van der Waals surface area contributed by atoms with Gasteiger partial charge in [-0.3, -0.25) is 4.79 Å². The SMILES string of the molecule is O=C(O)NC(c1ccccc1)c1cccc(OCc2ccc(CCNC[C@H](O)c3ccc(O)c4[nH]c(=O)ccc34)cc2)c1. The number of carbonyl (C=O) groups is 1. The number of pyridine rings is 1. The average Bonchev–Trinajstić information content (AvgIpc) is 3.02. The third kappa shape index (κ3) is 7.59. The molecule has 0 aliphatic rings. The zero-order chi connectivity index (χ0) is 30.2. The maximum atomic E-state index is 11.6. The molecule has 9 heteroatoms.